The van der Waals surface area contributed by atoms with Crippen molar-refractivity contribution in [2.45, 2.75) is 18.4 Å². The van der Waals surface area contributed by atoms with Gasteiger partial charge in [-0.3, -0.25) is 4.79 Å². The molecule has 0 saturated carbocycles. The van der Waals surface area contributed by atoms with Crippen LogP contribution in [0.2, 0.25) is 0 Å². The van der Waals surface area contributed by atoms with E-state index >= 15 is 0 Å². The molecule has 4 heteroatoms. The molecule has 1 aromatic heterocycles. The van der Waals surface area contributed by atoms with E-state index in [-0.39, 0.29) is 11.4 Å². The second-order valence-electron chi connectivity index (χ2n) is 5.26. The average molecular weight is 253 g/mol. The maximum atomic E-state index is 11.8. The summed E-state index contributed by atoms with van der Waals surface area (Å²) < 4.78 is 2.20. The molecule has 4 nitrogen and oxygen atoms in total. The van der Waals surface area contributed by atoms with E-state index in [1.807, 2.05) is 18.2 Å². The normalized spacial score (nSPS) is 24.3. The number of anilines is 1. The Morgan fingerprint density at radius 2 is 2.05 bits per heavy atom. The van der Waals surface area contributed by atoms with Crippen LogP contribution in [0.4, 0.5) is 5.69 Å². The Morgan fingerprint density at radius 1 is 1.16 bits per heavy atom. The highest BCUT2D eigenvalue weighted by atomic mass is 16.1. The predicted molar refractivity (Wildman–Crippen MR) is 73.3 cm³/mol. The van der Waals surface area contributed by atoms with Crippen LogP contribution in [0.3, 0.4) is 0 Å². The van der Waals surface area contributed by atoms with Gasteiger partial charge >= 0.3 is 0 Å². The Labute approximate surface area is 111 Å². The van der Waals surface area contributed by atoms with Crippen LogP contribution >= 0.6 is 0 Å². The van der Waals surface area contributed by atoms with Crippen molar-refractivity contribution < 1.29 is 4.79 Å². The summed E-state index contributed by atoms with van der Waals surface area (Å²) in [7, 11) is 0. The molecule has 19 heavy (non-hydrogen) atoms. The molecule has 1 fully saturated rings. The second kappa shape index (κ2) is 3.63. The van der Waals surface area contributed by atoms with Crippen molar-refractivity contribution in [2.24, 2.45) is 0 Å². The first-order valence-corrected chi connectivity index (χ1v) is 6.61. The molecule has 0 aliphatic carbocycles. The van der Waals surface area contributed by atoms with E-state index in [1.54, 1.807) is 0 Å². The van der Waals surface area contributed by atoms with Crippen molar-refractivity contribution in [3.05, 3.63) is 48.3 Å². The maximum Gasteiger partial charge on any atom is 0.222 e. The van der Waals surface area contributed by atoms with Crippen LogP contribution in [0.5, 0.6) is 0 Å². The molecule has 0 bridgehead atoms. The van der Waals surface area contributed by atoms with Crippen molar-refractivity contribution in [1.29, 1.82) is 0 Å². The van der Waals surface area contributed by atoms with Gasteiger partial charge in [0.25, 0.3) is 0 Å². The van der Waals surface area contributed by atoms with Crippen LogP contribution < -0.4 is 10.6 Å². The number of hydrogen-bond acceptors (Lipinski definition) is 2. The van der Waals surface area contributed by atoms with E-state index in [0.717, 1.165) is 24.3 Å². The topological polar surface area (TPSA) is 46.1 Å². The molecule has 3 heterocycles. The molecule has 96 valence electrons. The molecule has 1 saturated heterocycles. The molecule has 1 spiro atoms. The smallest absolute Gasteiger partial charge is 0.222 e. The van der Waals surface area contributed by atoms with Gasteiger partial charge in [-0.2, -0.15) is 0 Å². The molecule has 1 atom stereocenters. The summed E-state index contributed by atoms with van der Waals surface area (Å²) in [6, 6.07) is 12.4. The van der Waals surface area contributed by atoms with Crippen LogP contribution in [-0.4, -0.2) is 17.0 Å². The summed E-state index contributed by atoms with van der Waals surface area (Å²) >= 11 is 0. The zero-order valence-corrected chi connectivity index (χ0v) is 10.5. The van der Waals surface area contributed by atoms with Gasteiger partial charge in [0.05, 0.1) is 23.3 Å². The van der Waals surface area contributed by atoms with E-state index in [2.05, 4.69) is 39.6 Å². The molecule has 1 unspecified atom stereocenters. The maximum absolute atomic E-state index is 11.8. The minimum atomic E-state index is -0.264. The van der Waals surface area contributed by atoms with E-state index in [4.69, 9.17) is 0 Å². The summed E-state index contributed by atoms with van der Waals surface area (Å²) in [5, 5.41) is 6.52. The van der Waals surface area contributed by atoms with Gasteiger partial charge in [-0.15, -0.1) is 0 Å². The number of rotatable bonds is 0. The molecule has 2 N–H and O–H groups in total. The van der Waals surface area contributed by atoms with E-state index in [9.17, 15) is 4.79 Å². The van der Waals surface area contributed by atoms with Crippen molar-refractivity contribution in [1.82, 2.24) is 9.88 Å². The first kappa shape index (κ1) is 10.7. The van der Waals surface area contributed by atoms with Crippen LogP contribution in [-0.2, 0) is 10.3 Å². The molecule has 1 amide bonds. The summed E-state index contributed by atoms with van der Waals surface area (Å²) in [4.78, 5) is 11.8. The van der Waals surface area contributed by atoms with Gasteiger partial charge < -0.3 is 15.2 Å². The minimum absolute atomic E-state index is 0.117. The molecular formula is C15H15N3O. The number of piperidine rings is 1. The number of carbonyl (C=O) groups excluding carboxylic acids is 1. The lowest BCUT2D eigenvalue weighted by Gasteiger charge is -2.43. The summed E-state index contributed by atoms with van der Waals surface area (Å²) in [5.74, 6) is 0.117. The van der Waals surface area contributed by atoms with E-state index in [0.29, 0.717) is 6.42 Å². The third kappa shape index (κ3) is 1.43. The highest BCUT2D eigenvalue weighted by Crippen LogP contribution is 2.42. The van der Waals surface area contributed by atoms with Crippen molar-refractivity contribution in [2.75, 3.05) is 11.9 Å². The fourth-order valence-corrected chi connectivity index (χ4v) is 3.26. The van der Waals surface area contributed by atoms with Crippen molar-refractivity contribution >= 4 is 11.6 Å². The number of amides is 1. The first-order chi connectivity index (χ1) is 9.28. The Bertz CT molecular complexity index is 661. The number of nitrogens with one attached hydrogen (secondary N) is 2. The van der Waals surface area contributed by atoms with E-state index in [1.165, 1.54) is 5.69 Å². The Kier molecular flexibility index (Phi) is 2.04. The molecule has 2 aliphatic heterocycles. The number of nitrogens with zero attached hydrogens (tertiary/aromatic N) is 1. The molecule has 1 aromatic carbocycles. The van der Waals surface area contributed by atoms with Crippen molar-refractivity contribution in [3.8, 4) is 5.69 Å². The molecular weight excluding hydrogens is 238 g/mol. The molecule has 4 rings (SSSR count). The summed E-state index contributed by atoms with van der Waals surface area (Å²) in [6.07, 6.45) is 3.48. The van der Waals surface area contributed by atoms with Crippen LogP contribution in [0, 0.1) is 0 Å². The number of carbonyl (C=O) groups is 1. The largest absolute Gasteiger partial charge is 0.372 e. The predicted octanol–water partition coefficient (Wildman–Crippen LogP) is 2.01. The number of fused-ring (bicyclic) bond motifs is 4. The zero-order valence-electron chi connectivity index (χ0n) is 10.5. The second-order valence-corrected chi connectivity index (χ2v) is 5.26. The Balaban J connectivity index is 1.92. The lowest BCUT2D eigenvalue weighted by atomic mass is 9.82. The Morgan fingerprint density at radius 3 is 2.95 bits per heavy atom. The highest BCUT2D eigenvalue weighted by Gasteiger charge is 2.42. The average Bonchev–Trinajstić information content (AvgIpc) is 2.89. The van der Waals surface area contributed by atoms with Gasteiger partial charge in [0.1, 0.15) is 0 Å². The molecule has 2 aromatic rings. The monoisotopic (exact) mass is 253 g/mol. The van der Waals surface area contributed by atoms with Gasteiger partial charge in [-0.1, -0.05) is 12.1 Å². The fourth-order valence-electron chi connectivity index (χ4n) is 3.26. The van der Waals surface area contributed by atoms with Gasteiger partial charge in [0.2, 0.25) is 5.91 Å². The zero-order chi connectivity index (χ0) is 12.9. The highest BCUT2D eigenvalue weighted by molar-refractivity contribution is 5.80. The third-order valence-electron chi connectivity index (χ3n) is 4.11. The van der Waals surface area contributed by atoms with Gasteiger partial charge in [-0.25, -0.2) is 0 Å². The Hall–Kier alpha value is -2.23. The molecule has 0 radical (unpaired) electrons. The number of hydrogen-bond donors (Lipinski definition) is 2. The third-order valence-corrected chi connectivity index (χ3v) is 4.11. The van der Waals surface area contributed by atoms with Crippen LogP contribution in [0.25, 0.3) is 5.69 Å². The van der Waals surface area contributed by atoms with Crippen molar-refractivity contribution in [3.63, 3.8) is 0 Å². The lowest BCUT2D eigenvalue weighted by molar-refractivity contribution is -0.123. The first-order valence-electron chi connectivity index (χ1n) is 6.61. The quantitative estimate of drug-likeness (QED) is 0.754. The standard InChI is InChI=1S/C15H15N3O/c19-14-10-15(7-8-16-14)13-6-3-9-18(13)12-5-2-1-4-11(12)17-15/h1-6,9,17H,7-8,10H2,(H,16,19). The number of para-hydroxylation sites is 2. The summed E-state index contributed by atoms with van der Waals surface area (Å²) in [6.45, 7) is 0.721. The number of aromatic nitrogens is 1. The minimum Gasteiger partial charge on any atom is -0.372 e. The molecule has 2 aliphatic rings. The van der Waals surface area contributed by atoms with Gasteiger partial charge in [-0.05, 0) is 30.7 Å². The van der Waals surface area contributed by atoms with Crippen LogP contribution in [0.1, 0.15) is 18.5 Å². The van der Waals surface area contributed by atoms with Gasteiger partial charge in [0, 0.05) is 18.4 Å². The number of benzene rings is 1. The van der Waals surface area contributed by atoms with Crippen LogP contribution in [0.15, 0.2) is 42.6 Å². The van der Waals surface area contributed by atoms with Gasteiger partial charge in [0.15, 0.2) is 0 Å². The van der Waals surface area contributed by atoms with E-state index < -0.39 is 0 Å². The summed E-state index contributed by atoms with van der Waals surface area (Å²) in [5.41, 5.74) is 3.17. The lowest BCUT2D eigenvalue weighted by Crippen LogP contribution is -2.50. The fraction of sp³-hybridized carbons (Fsp3) is 0.267. The SMILES string of the molecule is O=C1CC2(CCN1)Nc1ccccc1-n1cccc12.